The van der Waals surface area contributed by atoms with Crippen LogP contribution in [0.1, 0.15) is 22.8 Å². The fraction of sp³-hybridized carbons (Fsp3) is 0.0952. The number of hydrogen-bond acceptors (Lipinski definition) is 3. The first kappa shape index (κ1) is 19.6. The number of benzene rings is 3. The number of nitrogens with one attached hydrogen (secondary N) is 2. The predicted octanol–water partition coefficient (Wildman–Crippen LogP) is 4.44. The lowest BCUT2D eigenvalue weighted by Crippen LogP contribution is -2.14. The minimum Gasteiger partial charge on any atom is -0.322 e. The third-order valence-electron chi connectivity index (χ3n) is 4.17. The van der Waals surface area contributed by atoms with Crippen molar-refractivity contribution in [2.75, 3.05) is 10.0 Å². The van der Waals surface area contributed by atoms with E-state index in [1.54, 1.807) is 0 Å². The second kappa shape index (κ2) is 8.22. The zero-order valence-electron chi connectivity index (χ0n) is 15.1. The summed E-state index contributed by atoms with van der Waals surface area (Å²) in [5.74, 6) is -0.798. The Morgan fingerprint density at radius 2 is 1.57 bits per heavy atom. The molecule has 5 nitrogen and oxygen atoms in total. The smallest absolute Gasteiger partial charge is 0.261 e. The second-order valence-corrected chi connectivity index (χ2v) is 7.78. The zero-order chi connectivity index (χ0) is 20.1. The number of para-hydroxylation sites is 1. The van der Waals surface area contributed by atoms with Crippen molar-refractivity contribution >= 4 is 27.3 Å². The van der Waals surface area contributed by atoms with Crippen LogP contribution in [0, 0.1) is 5.82 Å². The molecule has 0 heterocycles. The number of anilines is 2. The molecule has 0 spiro atoms. The van der Waals surface area contributed by atoms with E-state index >= 15 is 0 Å². The van der Waals surface area contributed by atoms with Gasteiger partial charge in [-0.2, -0.15) is 0 Å². The van der Waals surface area contributed by atoms with E-state index in [1.165, 1.54) is 36.4 Å². The molecule has 28 heavy (non-hydrogen) atoms. The highest BCUT2D eigenvalue weighted by Crippen LogP contribution is 2.19. The number of aryl methyl sites for hydroxylation is 1. The van der Waals surface area contributed by atoms with Crippen molar-refractivity contribution in [1.82, 2.24) is 0 Å². The van der Waals surface area contributed by atoms with Crippen molar-refractivity contribution in [1.29, 1.82) is 0 Å². The van der Waals surface area contributed by atoms with Gasteiger partial charge in [0.05, 0.1) is 4.90 Å². The molecule has 0 aliphatic heterocycles. The molecular formula is C21H19FN2O3S. The Bertz CT molecular complexity index is 1080. The Labute approximate surface area is 163 Å². The van der Waals surface area contributed by atoms with Gasteiger partial charge in [0.15, 0.2) is 0 Å². The molecule has 0 aromatic heterocycles. The van der Waals surface area contributed by atoms with Crippen LogP contribution in [-0.4, -0.2) is 14.3 Å². The van der Waals surface area contributed by atoms with Crippen molar-refractivity contribution in [3.05, 3.63) is 89.7 Å². The van der Waals surface area contributed by atoms with Crippen molar-refractivity contribution < 1.29 is 17.6 Å². The molecule has 0 bridgehead atoms. The molecule has 3 aromatic carbocycles. The summed E-state index contributed by atoms with van der Waals surface area (Å²) >= 11 is 0. The molecule has 0 atom stereocenters. The molecule has 0 unspecified atom stereocenters. The van der Waals surface area contributed by atoms with Gasteiger partial charge in [-0.25, -0.2) is 12.8 Å². The van der Waals surface area contributed by atoms with Crippen LogP contribution in [0.15, 0.2) is 77.7 Å². The molecule has 0 aliphatic rings. The van der Waals surface area contributed by atoms with Gasteiger partial charge >= 0.3 is 0 Å². The highest BCUT2D eigenvalue weighted by molar-refractivity contribution is 7.92. The molecule has 1 amide bonds. The SMILES string of the molecule is CCc1ccccc1NC(=O)c1ccc(NS(=O)(=O)c2ccc(F)cc2)cc1. The Morgan fingerprint density at radius 3 is 2.21 bits per heavy atom. The van der Waals surface area contributed by atoms with Crippen LogP contribution in [0.4, 0.5) is 15.8 Å². The van der Waals surface area contributed by atoms with Gasteiger partial charge in [0, 0.05) is 16.9 Å². The average Bonchev–Trinajstić information content (AvgIpc) is 2.69. The normalized spacial score (nSPS) is 11.1. The minimum atomic E-state index is -3.84. The summed E-state index contributed by atoms with van der Waals surface area (Å²) in [5.41, 5.74) is 2.47. The second-order valence-electron chi connectivity index (χ2n) is 6.10. The number of hydrogen-bond donors (Lipinski definition) is 2. The van der Waals surface area contributed by atoms with E-state index in [4.69, 9.17) is 0 Å². The highest BCUT2D eigenvalue weighted by atomic mass is 32.2. The van der Waals surface area contributed by atoms with E-state index in [-0.39, 0.29) is 10.8 Å². The summed E-state index contributed by atoms with van der Waals surface area (Å²) in [4.78, 5) is 12.4. The van der Waals surface area contributed by atoms with E-state index < -0.39 is 15.8 Å². The first-order chi connectivity index (χ1) is 13.4. The third kappa shape index (κ3) is 4.55. The standard InChI is InChI=1S/C21H19FN2O3S/c1-2-15-5-3-4-6-20(15)23-21(25)16-7-11-18(12-8-16)24-28(26,27)19-13-9-17(22)10-14-19/h3-14,24H,2H2,1H3,(H,23,25). The van der Waals surface area contributed by atoms with Gasteiger partial charge in [-0.05, 0) is 66.6 Å². The lowest BCUT2D eigenvalue weighted by Gasteiger charge is -2.11. The fourth-order valence-electron chi connectivity index (χ4n) is 2.66. The summed E-state index contributed by atoms with van der Waals surface area (Å²) in [6.45, 7) is 2.01. The first-order valence-electron chi connectivity index (χ1n) is 8.67. The van der Waals surface area contributed by atoms with Crippen LogP contribution in [0.3, 0.4) is 0 Å². The molecule has 0 aliphatic carbocycles. The lowest BCUT2D eigenvalue weighted by molar-refractivity contribution is 0.102. The van der Waals surface area contributed by atoms with E-state index in [0.29, 0.717) is 11.3 Å². The zero-order valence-corrected chi connectivity index (χ0v) is 16.0. The van der Waals surface area contributed by atoms with Crippen molar-refractivity contribution in [2.45, 2.75) is 18.2 Å². The number of sulfonamides is 1. The van der Waals surface area contributed by atoms with Gasteiger partial charge in [0.1, 0.15) is 5.82 Å². The fourth-order valence-corrected chi connectivity index (χ4v) is 3.72. The Hall–Kier alpha value is -3.19. The molecule has 3 rings (SSSR count). The molecule has 0 fully saturated rings. The van der Waals surface area contributed by atoms with Crippen molar-refractivity contribution in [3.63, 3.8) is 0 Å². The van der Waals surface area contributed by atoms with Gasteiger partial charge < -0.3 is 5.32 Å². The average molecular weight is 398 g/mol. The first-order valence-corrected chi connectivity index (χ1v) is 10.1. The van der Waals surface area contributed by atoms with E-state index in [2.05, 4.69) is 10.0 Å². The van der Waals surface area contributed by atoms with E-state index in [0.717, 1.165) is 29.8 Å². The molecule has 144 valence electrons. The topological polar surface area (TPSA) is 75.3 Å². The van der Waals surface area contributed by atoms with Crippen LogP contribution < -0.4 is 10.0 Å². The lowest BCUT2D eigenvalue weighted by atomic mass is 10.1. The number of amides is 1. The monoisotopic (exact) mass is 398 g/mol. The van der Waals surface area contributed by atoms with Crippen LogP contribution >= 0.6 is 0 Å². The molecule has 3 aromatic rings. The molecular weight excluding hydrogens is 379 g/mol. The largest absolute Gasteiger partial charge is 0.322 e. The molecule has 0 saturated carbocycles. The predicted molar refractivity (Wildman–Crippen MR) is 107 cm³/mol. The summed E-state index contributed by atoms with van der Waals surface area (Å²) < 4.78 is 40.0. The van der Waals surface area contributed by atoms with E-state index in [9.17, 15) is 17.6 Å². The molecule has 0 saturated heterocycles. The van der Waals surface area contributed by atoms with Crippen molar-refractivity contribution in [3.8, 4) is 0 Å². The van der Waals surface area contributed by atoms with Gasteiger partial charge in [-0.1, -0.05) is 25.1 Å². The maximum atomic E-state index is 13.0. The summed E-state index contributed by atoms with van der Waals surface area (Å²) in [6, 6.07) is 18.1. The van der Waals surface area contributed by atoms with E-state index in [1.807, 2.05) is 31.2 Å². The van der Waals surface area contributed by atoms with Crippen molar-refractivity contribution in [2.24, 2.45) is 0 Å². The number of halogens is 1. The van der Waals surface area contributed by atoms with Gasteiger partial charge in [0.2, 0.25) is 0 Å². The van der Waals surface area contributed by atoms with Gasteiger partial charge in [-0.3, -0.25) is 9.52 Å². The van der Waals surface area contributed by atoms with Crippen LogP contribution in [0.25, 0.3) is 0 Å². The summed E-state index contributed by atoms with van der Waals surface area (Å²) in [7, 11) is -3.84. The maximum absolute atomic E-state index is 13.0. The number of rotatable bonds is 6. The Morgan fingerprint density at radius 1 is 0.929 bits per heavy atom. The highest BCUT2D eigenvalue weighted by Gasteiger charge is 2.15. The third-order valence-corrected chi connectivity index (χ3v) is 5.57. The minimum absolute atomic E-state index is 0.0492. The maximum Gasteiger partial charge on any atom is 0.261 e. The van der Waals surface area contributed by atoms with Gasteiger partial charge in [-0.15, -0.1) is 0 Å². The molecule has 2 N–H and O–H groups in total. The van der Waals surface area contributed by atoms with Crippen LogP contribution in [0.5, 0.6) is 0 Å². The van der Waals surface area contributed by atoms with Crippen LogP contribution in [0.2, 0.25) is 0 Å². The summed E-state index contributed by atoms with van der Waals surface area (Å²) in [5, 5.41) is 2.86. The Balaban J connectivity index is 1.72. The summed E-state index contributed by atoms with van der Waals surface area (Å²) in [6.07, 6.45) is 0.792. The number of carbonyl (C=O) groups excluding carboxylic acids is 1. The van der Waals surface area contributed by atoms with Crippen LogP contribution in [-0.2, 0) is 16.4 Å². The molecule has 0 radical (unpaired) electrons. The quantitative estimate of drug-likeness (QED) is 0.645. The van der Waals surface area contributed by atoms with Gasteiger partial charge in [0.25, 0.3) is 15.9 Å². The number of carbonyl (C=O) groups is 1. The Kier molecular flexibility index (Phi) is 5.75. The molecule has 7 heteroatoms.